The van der Waals surface area contributed by atoms with Crippen molar-refractivity contribution in [3.8, 4) is 11.5 Å². The quantitative estimate of drug-likeness (QED) is 0.678. The zero-order valence-corrected chi connectivity index (χ0v) is 20.4. The SMILES string of the molecule is CCN1C(=O)N/C(=C\[C@H](C)c2ccc(OC)cc2OC)C12CCN(C(=O)c1cccs1)CC2. The van der Waals surface area contributed by atoms with Crippen LogP contribution >= 0.6 is 11.3 Å². The summed E-state index contributed by atoms with van der Waals surface area (Å²) in [6.45, 7) is 5.94. The maximum absolute atomic E-state index is 12.9. The summed E-state index contributed by atoms with van der Waals surface area (Å²) in [6.07, 6.45) is 3.54. The van der Waals surface area contributed by atoms with Gasteiger partial charge in [-0.15, -0.1) is 11.3 Å². The number of hydrogen-bond donors (Lipinski definition) is 1. The summed E-state index contributed by atoms with van der Waals surface area (Å²) in [6, 6.07) is 9.49. The Kier molecular flexibility index (Phi) is 6.65. The molecule has 1 aromatic heterocycles. The van der Waals surface area contributed by atoms with Gasteiger partial charge in [-0.1, -0.05) is 25.1 Å². The lowest BCUT2D eigenvalue weighted by atomic mass is 9.82. The second-order valence-corrected chi connectivity index (χ2v) is 9.40. The molecule has 8 heteroatoms. The zero-order chi connectivity index (χ0) is 23.6. The van der Waals surface area contributed by atoms with Crippen molar-refractivity contribution in [2.45, 2.75) is 38.1 Å². The summed E-state index contributed by atoms with van der Waals surface area (Å²) >= 11 is 1.47. The van der Waals surface area contributed by atoms with E-state index in [9.17, 15) is 9.59 Å². The second-order valence-electron chi connectivity index (χ2n) is 8.45. The van der Waals surface area contributed by atoms with E-state index in [-0.39, 0.29) is 17.9 Å². The van der Waals surface area contributed by atoms with Crippen molar-refractivity contribution in [3.63, 3.8) is 0 Å². The van der Waals surface area contributed by atoms with Gasteiger partial charge < -0.3 is 24.6 Å². The number of rotatable bonds is 6. The fraction of sp³-hybridized carbons (Fsp3) is 0.440. The Labute approximate surface area is 199 Å². The molecule has 2 aromatic rings. The molecule has 176 valence electrons. The number of likely N-dealkylation sites (tertiary alicyclic amines) is 1. The van der Waals surface area contributed by atoms with Gasteiger partial charge in [-0.2, -0.15) is 0 Å². The highest BCUT2D eigenvalue weighted by Gasteiger charge is 2.50. The van der Waals surface area contributed by atoms with Gasteiger partial charge in [0.2, 0.25) is 0 Å². The summed E-state index contributed by atoms with van der Waals surface area (Å²) in [7, 11) is 3.28. The minimum absolute atomic E-state index is 0.0145. The molecule has 2 saturated heterocycles. The lowest BCUT2D eigenvalue weighted by Crippen LogP contribution is -2.54. The van der Waals surface area contributed by atoms with E-state index in [0.29, 0.717) is 32.5 Å². The minimum Gasteiger partial charge on any atom is -0.497 e. The average Bonchev–Trinajstić information content (AvgIpc) is 3.45. The van der Waals surface area contributed by atoms with E-state index in [1.807, 2.05) is 52.4 Å². The van der Waals surface area contributed by atoms with Gasteiger partial charge >= 0.3 is 6.03 Å². The van der Waals surface area contributed by atoms with Gasteiger partial charge in [-0.05, 0) is 37.3 Å². The van der Waals surface area contributed by atoms with Gasteiger partial charge in [0, 0.05) is 42.9 Å². The third kappa shape index (κ3) is 4.19. The molecule has 3 heterocycles. The lowest BCUT2D eigenvalue weighted by Gasteiger charge is -2.44. The highest BCUT2D eigenvalue weighted by Crippen LogP contribution is 2.41. The molecule has 1 N–H and O–H groups in total. The smallest absolute Gasteiger partial charge is 0.322 e. The predicted molar refractivity (Wildman–Crippen MR) is 129 cm³/mol. The van der Waals surface area contributed by atoms with E-state index in [4.69, 9.17) is 9.47 Å². The molecule has 0 radical (unpaired) electrons. The number of nitrogens with one attached hydrogen (secondary N) is 1. The number of methoxy groups -OCH3 is 2. The van der Waals surface area contributed by atoms with E-state index < -0.39 is 5.54 Å². The Bertz CT molecular complexity index is 1040. The molecule has 2 fully saturated rings. The summed E-state index contributed by atoms with van der Waals surface area (Å²) < 4.78 is 10.9. The Balaban J connectivity index is 1.61. The number of carbonyl (C=O) groups is 2. The molecule has 0 unspecified atom stereocenters. The van der Waals surface area contributed by atoms with Gasteiger partial charge in [-0.25, -0.2) is 4.79 Å². The zero-order valence-electron chi connectivity index (χ0n) is 19.6. The topological polar surface area (TPSA) is 71.1 Å². The molecule has 0 aliphatic carbocycles. The first kappa shape index (κ1) is 23.2. The van der Waals surface area contributed by atoms with Crippen LogP contribution in [0.2, 0.25) is 0 Å². The molecule has 1 aromatic carbocycles. The number of carbonyl (C=O) groups excluding carboxylic acids is 2. The number of urea groups is 1. The Morgan fingerprint density at radius 3 is 2.61 bits per heavy atom. The van der Waals surface area contributed by atoms with Crippen LogP contribution in [-0.2, 0) is 0 Å². The first-order valence-corrected chi connectivity index (χ1v) is 12.2. The summed E-state index contributed by atoms with van der Waals surface area (Å²) in [5.74, 6) is 1.57. The summed E-state index contributed by atoms with van der Waals surface area (Å²) in [4.78, 5) is 30.3. The number of amides is 3. The standard InChI is InChI=1S/C25H31N3O4S/c1-5-28-24(30)26-22(15-17(2)19-9-8-18(31-3)16-20(19)32-4)25(28)10-12-27(13-11-25)23(29)21-7-6-14-33-21/h6-9,14-17H,5,10-13H2,1-4H3,(H,26,30)/b22-15-/t17-/m0/s1. The number of likely N-dealkylation sites (N-methyl/N-ethyl adjacent to an activating group) is 1. The minimum atomic E-state index is -0.425. The molecule has 1 atom stereocenters. The Hall–Kier alpha value is -3.00. The van der Waals surface area contributed by atoms with Crippen molar-refractivity contribution in [2.24, 2.45) is 0 Å². The summed E-state index contributed by atoms with van der Waals surface area (Å²) in [5.41, 5.74) is 1.52. The van der Waals surface area contributed by atoms with Crippen LogP contribution < -0.4 is 14.8 Å². The van der Waals surface area contributed by atoms with Gasteiger partial charge in [0.05, 0.1) is 24.6 Å². The van der Waals surface area contributed by atoms with Crippen LogP contribution in [0.5, 0.6) is 11.5 Å². The molecule has 1 spiro atoms. The van der Waals surface area contributed by atoms with Crippen LogP contribution in [0.3, 0.4) is 0 Å². The third-order valence-corrected chi connectivity index (χ3v) is 7.64. The van der Waals surface area contributed by atoms with Gasteiger partial charge in [-0.3, -0.25) is 4.79 Å². The Morgan fingerprint density at radius 2 is 2.00 bits per heavy atom. The van der Waals surface area contributed by atoms with E-state index >= 15 is 0 Å². The van der Waals surface area contributed by atoms with Gasteiger partial charge in [0.1, 0.15) is 11.5 Å². The number of nitrogens with zero attached hydrogens (tertiary/aromatic N) is 2. The van der Waals surface area contributed by atoms with Crippen LogP contribution in [-0.4, -0.2) is 61.1 Å². The largest absolute Gasteiger partial charge is 0.497 e. The fourth-order valence-electron chi connectivity index (χ4n) is 4.99. The Morgan fingerprint density at radius 1 is 1.24 bits per heavy atom. The molecule has 2 aliphatic rings. The van der Waals surface area contributed by atoms with Crippen LogP contribution in [0.25, 0.3) is 0 Å². The van der Waals surface area contributed by atoms with Gasteiger partial charge in [0.15, 0.2) is 0 Å². The highest BCUT2D eigenvalue weighted by atomic mass is 32.1. The molecule has 0 saturated carbocycles. The first-order chi connectivity index (χ1) is 15.9. The average molecular weight is 470 g/mol. The van der Waals surface area contributed by atoms with E-state index in [2.05, 4.69) is 18.3 Å². The number of allylic oxidation sites excluding steroid dienone is 1. The molecule has 3 amide bonds. The maximum atomic E-state index is 12.9. The van der Waals surface area contributed by atoms with Crippen molar-refractivity contribution in [1.29, 1.82) is 0 Å². The van der Waals surface area contributed by atoms with E-state index in [1.165, 1.54) is 11.3 Å². The summed E-state index contributed by atoms with van der Waals surface area (Å²) in [5, 5.41) is 5.05. The van der Waals surface area contributed by atoms with Crippen molar-refractivity contribution in [2.75, 3.05) is 33.9 Å². The number of ether oxygens (including phenoxy) is 2. The normalized spacial score (nSPS) is 19.6. The van der Waals surface area contributed by atoms with Gasteiger partial charge in [0.25, 0.3) is 5.91 Å². The van der Waals surface area contributed by atoms with Crippen LogP contribution in [0.4, 0.5) is 4.79 Å². The molecule has 33 heavy (non-hydrogen) atoms. The van der Waals surface area contributed by atoms with Crippen LogP contribution in [0.15, 0.2) is 47.5 Å². The van der Waals surface area contributed by atoms with Crippen molar-refractivity contribution in [1.82, 2.24) is 15.1 Å². The molecular weight excluding hydrogens is 438 g/mol. The molecule has 0 bridgehead atoms. The van der Waals surface area contributed by atoms with Crippen LogP contribution in [0.1, 0.15) is 47.8 Å². The monoisotopic (exact) mass is 469 g/mol. The van der Waals surface area contributed by atoms with Crippen molar-refractivity contribution in [3.05, 3.63) is 57.9 Å². The molecule has 4 rings (SSSR count). The molecule has 2 aliphatic heterocycles. The van der Waals surface area contributed by atoms with Crippen LogP contribution in [0, 0.1) is 0 Å². The number of benzene rings is 1. The first-order valence-electron chi connectivity index (χ1n) is 11.3. The number of hydrogen-bond acceptors (Lipinski definition) is 5. The predicted octanol–water partition coefficient (Wildman–Crippen LogP) is 4.47. The van der Waals surface area contributed by atoms with E-state index in [0.717, 1.165) is 27.6 Å². The maximum Gasteiger partial charge on any atom is 0.322 e. The van der Waals surface area contributed by atoms with Crippen molar-refractivity contribution < 1.29 is 19.1 Å². The fourth-order valence-corrected chi connectivity index (χ4v) is 5.68. The van der Waals surface area contributed by atoms with Crippen molar-refractivity contribution >= 4 is 23.3 Å². The lowest BCUT2D eigenvalue weighted by molar-refractivity contribution is 0.0580. The second kappa shape index (κ2) is 9.47. The molecular formula is C25H31N3O4S. The van der Waals surface area contributed by atoms with E-state index in [1.54, 1.807) is 14.2 Å². The number of piperidine rings is 1. The third-order valence-electron chi connectivity index (χ3n) is 6.78. The number of thiophene rings is 1. The highest BCUT2D eigenvalue weighted by molar-refractivity contribution is 7.12. The molecule has 7 nitrogen and oxygen atoms in total.